The normalized spacial score (nSPS) is 16.4. The Kier molecular flexibility index (Phi) is 4.62. The largest absolute Gasteiger partial charge is 0.481 e. The molecule has 3 heteroatoms. The van der Waals surface area contributed by atoms with Gasteiger partial charge in [0.2, 0.25) is 0 Å². The van der Waals surface area contributed by atoms with Gasteiger partial charge in [-0.1, -0.05) is 31.4 Å². The lowest BCUT2D eigenvalue weighted by molar-refractivity contribution is -0.136. The summed E-state index contributed by atoms with van der Waals surface area (Å²) >= 11 is 0. The monoisotopic (exact) mass is 247 g/mol. The number of aliphatic carboxylic acids is 1. The maximum Gasteiger partial charge on any atom is 0.305 e. The third-order valence-electron chi connectivity index (χ3n) is 3.66. The molecule has 0 aliphatic heterocycles. The van der Waals surface area contributed by atoms with Gasteiger partial charge in [-0.05, 0) is 36.5 Å². The first-order valence-corrected chi connectivity index (χ1v) is 6.81. The minimum absolute atomic E-state index is 0.157. The van der Waals surface area contributed by atoms with Crippen molar-refractivity contribution in [2.75, 3.05) is 11.9 Å². The van der Waals surface area contributed by atoms with E-state index >= 15 is 0 Å². The highest BCUT2D eigenvalue weighted by molar-refractivity contribution is 5.67. The van der Waals surface area contributed by atoms with E-state index in [2.05, 4.69) is 29.6 Å². The third-order valence-corrected chi connectivity index (χ3v) is 3.66. The van der Waals surface area contributed by atoms with Crippen molar-refractivity contribution >= 4 is 11.7 Å². The Morgan fingerprint density at radius 3 is 2.44 bits per heavy atom. The second-order valence-electron chi connectivity index (χ2n) is 5.03. The molecule has 1 aromatic rings. The number of carboxylic acid groups (broad SMARTS) is 1. The van der Waals surface area contributed by atoms with Crippen molar-refractivity contribution in [2.45, 2.75) is 44.4 Å². The summed E-state index contributed by atoms with van der Waals surface area (Å²) in [5.41, 5.74) is 2.44. The number of hydrogen-bond acceptors (Lipinski definition) is 2. The summed E-state index contributed by atoms with van der Waals surface area (Å²) in [5.74, 6) is -0.0341. The van der Waals surface area contributed by atoms with E-state index in [1.54, 1.807) is 0 Å². The number of carbonyl (C=O) groups is 1. The van der Waals surface area contributed by atoms with Crippen molar-refractivity contribution in [3.05, 3.63) is 29.8 Å². The van der Waals surface area contributed by atoms with Crippen LogP contribution in [0.5, 0.6) is 0 Å². The van der Waals surface area contributed by atoms with Crippen LogP contribution in [0.25, 0.3) is 0 Å². The molecule has 0 spiro atoms. The van der Waals surface area contributed by atoms with E-state index in [1.165, 1.54) is 37.7 Å². The lowest BCUT2D eigenvalue weighted by Crippen LogP contribution is -2.08. The SMILES string of the molecule is O=C(O)CCNc1ccc(C2CCCCC2)cc1. The van der Waals surface area contributed by atoms with Crippen LogP contribution in [0.4, 0.5) is 5.69 Å². The van der Waals surface area contributed by atoms with Crippen molar-refractivity contribution in [1.82, 2.24) is 0 Å². The summed E-state index contributed by atoms with van der Waals surface area (Å²) in [6.07, 6.45) is 6.86. The van der Waals surface area contributed by atoms with E-state index in [-0.39, 0.29) is 6.42 Å². The Bertz CT molecular complexity index is 380. The van der Waals surface area contributed by atoms with Crippen molar-refractivity contribution in [3.63, 3.8) is 0 Å². The van der Waals surface area contributed by atoms with Crippen molar-refractivity contribution in [1.29, 1.82) is 0 Å². The molecule has 0 heterocycles. The van der Waals surface area contributed by atoms with Crippen molar-refractivity contribution in [3.8, 4) is 0 Å². The smallest absolute Gasteiger partial charge is 0.305 e. The summed E-state index contributed by atoms with van der Waals surface area (Å²) < 4.78 is 0. The van der Waals surface area contributed by atoms with Crippen molar-refractivity contribution in [2.24, 2.45) is 0 Å². The van der Waals surface area contributed by atoms with Gasteiger partial charge in [-0.2, -0.15) is 0 Å². The Morgan fingerprint density at radius 2 is 1.83 bits per heavy atom. The van der Waals surface area contributed by atoms with Crippen LogP contribution in [0.1, 0.15) is 50.0 Å². The van der Waals surface area contributed by atoms with Crippen LogP contribution in [-0.4, -0.2) is 17.6 Å². The number of carboxylic acids is 1. The highest BCUT2D eigenvalue weighted by atomic mass is 16.4. The van der Waals surface area contributed by atoms with Crippen LogP contribution < -0.4 is 5.32 Å². The van der Waals surface area contributed by atoms with Gasteiger partial charge in [-0.15, -0.1) is 0 Å². The predicted octanol–water partition coefficient (Wildman–Crippen LogP) is 3.62. The molecule has 1 fully saturated rings. The highest BCUT2D eigenvalue weighted by Crippen LogP contribution is 2.32. The molecule has 3 nitrogen and oxygen atoms in total. The number of benzene rings is 1. The van der Waals surface area contributed by atoms with Crippen molar-refractivity contribution < 1.29 is 9.90 Å². The lowest BCUT2D eigenvalue weighted by Gasteiger charge is -2.22. The Balaban J connectivity index is 1.86. The molecule has 98 valence electrons. The van der Waals surface area contributed by atoms with E-state index in [0.717, 1.165) is 11.6 Å². The van der Waals surface area contributed by atoms with Gasteiger partial charge in [-0.25, -0.2) is 0 Å². The standard InChI is InChI=1S/C15H21NO2/c17-15(18)10-11-16-14-8-6-13(7-9-14)12-4-2-1-3-5-12/h6-9,12,16H,1-5,10-11H2,(H,17,18). The molecule has 1 aliphatic carbocycles. The van der Waals surface area contributed by atoms with Crippen LogP contribution in [-0.2, 0) is 4.79 Å². The highest BCUT2D eigenvalue weighted by Gasteiger charge is 2.14. The van der Waals surface area contributed by atoms with Crippen LogP contribution in [0, 0.1) is 0 Å². The second-order valence-corrected chi connectivity index (χ2v) is 5.03. The van der Waals surface area contributed by atoms with E-state index in [9.17, 15) is 4.79 Å². The maximum absolute atomic E-state index is 10.4. The first-order valence-electron chi connectivity index (χ1n) is 6.81. The summed E-state index contributed by atoms with van der Waals surface area (Å²) in [6, 6.07) is 8.48. The number of anilines is 1. The molecule has 0 radical (unpaired) electrons. The van der Waals surface area contributed by atoms with Crippen LogP contribution in [0.2, 0.25) is 0 Å². The average Bonchev–Trinajstić information content (AvgIpc) is 2.40. The second kappa shape index (κ2) is 6.43. The molecule has 1 aliphatic rings. The summed E-state index contributed by atoms with van der Waals surface area (Å²) in [7, 11) is 0. The fourth-order valence-electron chi connectivity index (χ4n) is 2.62. The molecule has 0 amide bonds. The summed E-state index contributed by atoms with van der Waals surface area (Å²) in [6.45, 7) is 0.484. The quantitative estimate of drug-likeness (QED) is 0.835. The van der Waals surface area contributed by atoms with Gasteiger partial charge in [-0.3, -0.25) is 4.79 Å². The van der Waals surface area contributed by atoms with Gasteiger partial charge in [0.1, 0.15) is 0 Å². The van der Waals surface area contributed by atoms with Gasteiger partial charge < -0.3 is 10.4 Å². The third kappa shape index (κ3) is 3.76. The zero-order valence-corrected chi connectivity index (χ0v) is 10.7. The van der Waals surface area contributed by atoms with Gasteiger partial charge >= 0.3 is 5.97 Å². The molecule has 0 saturated heterocycles. The van der Waals surface area contributed by atoms with E-state index in [0.29, 0.717) is 6.54 Å². The van der Waals surface area contributed by atoms with Crippen LogP contribution >= 0.6 is 0 Å². The summed E-state index contributed by atoms with van der Waals surface area (Å²) in [5, 5.41) is 11.7. The number of rotatable bonds is 5. The fraction of sp³-hybridized carbons (Fsp3) is 0.533. The van der Waals surface area contributed by atoms with E-state index in [4.69, 9.17) is 5.11 Å². The minimum Gasteiger partial charge on any atom is -0.481 e. The molecule has 18 heavy (non-hydrogen) atoms. The molecule has 0 bridgehead atoms. The maximum atomic E-state index is 10.4. The fourth-order valence-corrected chi connectivity index (χ4v) is 2.62. The zero-order chi connectivity index (χ0) is 12.8. The predicted molar refractivity (Wildman–Crippen MR) is 73.0 cm³/mol. The van der Waals surface area contributed by atoms with E-state index < -0.39 is 5.97 Å². The zero-order valence-electron chi connectivity index (χ0n) is 10.7. The lowest BCUT2D eigenvalue weighted by atomic mass is 9.84. The van der Waals surface area contributed by atoms with Crippen LogP contribution in [0.3, 0.4) is 0 Å². The summed E-state index contributed by atoms with van der Waals surface area (Å²) in [4.78, 5) is 10.4. The van der Waals surface area contributed by atoms with Gasteiger partial charge in [0.25, 0.3) is 0 Å². The number of hydrogen-bond donors (Lipinski definition) is 2. The Morgan fingerprint density at radius 1 is 1.17 bits per heavy atom. The molecule has 0 atom stereocenters. The minimum atomic E-state index is -0.763. The molecule has 0 unspecified atom stereocenters. The van der Waals surface area contributed by atoms with Gasteiger partial charge in [0.05, 0.1) is 6.42 Å². The molecular formula is C15H21NO2. The van der Waals surface area contributed by atoms with Gasteiger partial charge in [0.15, 0.2) is 0 Å². The first kappa shape index (κ1) is 12.9. The molecule has 0 aromatic heterocycles. The Labute approximate surface area is 108 Å². The molecule has 1 saturated carbocycles. The average molecular weight is 247 g/mol. The molecule has 2 rings (SSSR count). The first-order chi connectivity index (χ1) is 8.75. The topological polar surface area (TPSA) is 49.3 Å². The molecule has 1 aromatic carbocycles. The number of nitrogens with one attached hydrogen (secondary N) is 1. The van der Waals surface area contributed by atoms with E-state index in [1.807, 2.05) is 0 Å². The Hall–Kier alpha value is -1.51. The van der Waals surface area contributed by atoms with Gasteiger partial charge in [0, 0.05) is 12.2 Å². The van der Waals surface area contributed by atoms with Crippen LogP contribution in [0.15, 0.2) is 24.3 Å². The molecule has 2 N–H and O–H groups in total. The molecular weight excluding hydrogens is 226 g/mol.